The molecule has 6 atom stereocenters. The first-order chi connectivity index (χ1) is 11.3. The number of allylic oxidation sites excluding steroid dienone is 2. The molecule has 3 N–H and O–H groups in total. The van der Waals surface area contributed by atoms with Gasteiger partial charge in [-0.15, -0.1) is 0 Å². The molecule has 3 saturated carbocycles. The van der Waals surface area contributed by atoms with E-state index in [1.165, 1.54) is 30.4 Å². The van der Waals surface area contributed by atoms with Crippen molar-refractivity contribution in [2.45, 2.75) is 71.3 Å². The molecule has 0 heterocycles. The van der Waals surface area contributed by atoms with Crippen molar-refractivity contribution in [3.8, 4) is 0 Å². The first-order valence-corrected chi connectivity index (χ1v) is 9.72. The number of nitrogens with two attached hydrogens (primary N) is 1. The predicted molar refractivity (Wildman–Crippen MR) is 95.0 cm³/mol. The summed E-state index contributed by atoms with van der Waals surface area (Å²) in [4.78, 5) is 11.4. The Morgan fingerprint density at radius 2 is 1.92 bits per heavy atom. The average Bonchev–Trinajstić information content (AvgIpc) is 2.84. The van der Waals surface area contributed by atoms with Gasteiger partial charge in [0.1, 0.15) is 0 Å². The van der Waals surface area contributed by atoms with Gasteiger partial charge in [-0.25, -0.2) is 0 Å². The largest absolute Gasteiger partial charge is 0.393 e. The fourth-order valence-electron chi connectivity index (χ4n) is 6.90. The second kappa shape index (κ2) is 5.45. The maximum Gasteiger partial charge on any atom is 0.241 e. The lowest BCUT2D eigenvalue weighted by atomic mass is 9.48. The maximum absolute atomic E-state index is 11.4. The van der Waals surface area contributed by atoms with Gasteiger partial charge >= 0.3 is 0 Å². The summed E-state index contributed by atoms with van der Waals surface area (Å²) in [6, 6.07) is 0. The number of aliphatic hydroxyl groups is 1. The summed E-state index contributed by atoms with van der Waals surface area (Å²) in [5, 5.41) is 10.1. The van der Waals surface area contributed by atoms with E-state index < -0.39 is 0 Å². The zero-order chi connectivity index (χ0) is 17.1. The molecule has 0 aliphatic heterocycles. The van der Waals surface area contributed by atoms with Crippen LogP contribution in [-0.4, -0.2) is 17.1 Å². The lowest BCUT2D eigenvalue weighted by Gasteiger charge is -2.57. The Kier molecular flexibility index (Phi) is 3.72. The van der Waals surface area contributed by atoms with Gasteiger partial charge in [-0.2, -0.15) is 0 Å². The third-order valence-corrected chi connectivity index (χ3v) is 8.24. The van der Waals surface area contributed by atoms with Crippen LogP contribution in [0.15, 0.2) is 23.3 Å². The normalized spacial score (nSPS) is 49.1. The van der Waals surface area contributed by atoms with Crippen LogP contribution in [0.3, 0.4) is 0 Å². The molecular weight excluding hydrogens is 298 g/mol. The van der Waals surface area contributed by atoms with E-state index >= 15 is 0 Å². The number of carbonyl (C=O) groups excluding carboxylic acids is 1. The molecule has 0 aromatic rings. The van der Waals surface area contributed by atoms with Crippen LogP contribution in [0.4, 0.5) is 0 Å². The third kappa shape index (κ3) is 2.23. The zero-order valence-corrected chi connectivity index (χ0v) is 15.1. The number of hydrogen-bond acceptors (Lipinski definition) is 2. The van der Waals surface area contributed by atoms with Crippen molar-refractivity contribution in [2.75, 3.05) is 0 Å². The highest BCUT2D eigenvalue weighted by molar-refractivity contribution is 5.86. The summed E-state index contributed by atoms with van der Waals surface area (Å²) >= 11 is 0. The highest BCUT2D eigenvalue weighted by Gasteiger charge is 2.57. The van der Waals surface area contributed by atoms with Crippen molar-refractivity contribution in [1.29, 1.82) is 0 Å². The van der Waals surface area contributed by atoms with Gasteiger partial charge in [0.15, 0.2) is 0 Å². The Morgan fingerprint density at radius 1 is 1.21 bits per heavy atom. The minimum Gasteiger partial charge on any atom is -0.393 e. The topological polar surface area (TPSA) is 63.3 Å². The SMILES string of the molecule is C[C@]12CC[C@H](O)CC1=CC[C@@H]1[C@@H]2CC[C@]2(C)/C(=C/C(N)=O)CC[C@@H]12. The highest BCUT2D eigenvalue weighted by Crippen LogP contribution is 2.66. The first-order valence-electron chi connectivity index (χ1n) is 9.72. The number of aliphatic hydroxyl groups excluding tert-OH is 1. The number of fused-ring (bicyclic) bond motifs is 5. The van der Waals surface area contributed by atoms with Gasteiger partial charge in [0, 0.05) is 6.08 Å². The fourth-order valence-corrected chi connectivity index (χ4v) is 6.90. The summed E-state index contributed by atoms with van der Waals surface area (Å²) in [6.45, 7) is 4.83. The molecule has 4 aliphatic rings. The smallest absolute Gasteiger partial charge is 0.241 e. The molecule has 0 aromatic carbocycles. The van der Waals surface area contributed by atoms with E-state index in [0.717, 1.165) is 43.9 Å². The molecule has 1 amide bonds. The van der Waals surface area contributed by atoms with Gasteiger partial charge in [-0.05, 0) is 80.0 Å². The second-order valence-corrected chi connectivity index (χ2v) is 9.22. The van der Waals surface area contributed by atoms with E-state index in [9.17, 15) is 9.90 Å². The lowest BCUT2D eigenvalue weighted by Crippen LogP contribution is -2.49. The first kappa shape index (κ1) is 16.4. The van der Waals surface area contributed by atoms with Gasteiger partial charge in [-0.3, -0.25) is 4.79 Å². The standard InChI is InChI=1S/C21H31NO2/c1-20-9-7-15(23)11-13(20)3-5-16-17-6-4-14(12-19(22)24)21(17,2)10-8-18(16)20/h3,12,15-18,23H,4-11H2,1-2H3,(H2,22,24)/b14-12+/t15-,16-,17-,18-,20-,21+/m0/s1. The van der Waals surface area contributed by atoms with Crippen molar-refractivity contribution in [2.24, 2.45) is 34.3 Å². The number of amides is 1. The summed E-state index contributed by atoms with van der Waals surface area (Å²) in [7, 11) is 0. The summed E-state index contributed by atoms with van der Waals surface area (Å²) in [5.41, 5.74) is 8.75. The predicted octanol–water partition coefficient (Wildman–Crippen LogP) is 3.72. The van der Waals surface area contributed by atoms with E-state index in [-0.39, 0.29) is 17.4 Å². The quantitative estimate of drug-likeness (QED) is 0.569. The third-order valence-electron chi connectivity index (χ3n) is 8.24. The Labute approximate surface area is 145 Å². The van der Waals surface area contributed by atoms with Gasteiger partial charge in [0.25, 0.3) is 0 Å². The Morgan fingerprint density at radius 3 is 2.67 bits per heavy atom. The molecule has 0 bridgehead atoms. The molecule has 0 spiro atoms. The molecule has 132 valence electrons. The van der Waals surface area contributed by atoms with Crippen LogP contribution in [0.25, 0.3) is 0 Å². The Balaban J connectivity index is 1.66. The van der Waals surface area contributed by atoms with Crippen LogP contribution in [0.1, 0.15) is 65.2 Å². The second-order valence-electron chi connectivity index (χ2n) is 9.22. The van der Waals surface area contributed by atoms with E-state index in [1.54, 1.807) is 6.08 Å². The molecular formula is C21H31NO2. The Hall–Kier alpha value is -1.09. The minimum atomic E-state index is -0.284. The van der Waals surface area contributed by atoms with Crippen molar-refractivity contribution >= 4 is 5.91 Å². The molecule has 4 rings (SSSR count). The maximum atomic E-state index is 11.4. The van der Waals surface area contributed by atoms with Crippen molar-refractivity contribution in [3.05, 3.63) is 23.3 Å². The highest BCUT2D eigenvalue weighted by atomic mass is 16.3. The van der Waals surface area contributed by atoms with Gasteiger partial charge in [0.05, 0.1) is 6.10 Å². The minimum absolute atomic E-state index is 0.133. The number of primary amides is 1. The van der Waals surface area contributed by atoms with E-state index in [1.807, 2.05) is 0 Å². The van der Waals surface area contributed by atoms with Crippen molar-refractivity contribution in [1.82, 2.24) is 0 Å². The van der Waals surface area contributed by atoms with E-state index in [0.29, 0.717) is 11.3 Å². The molecule has 0 aromatic heterocycles. The van der Waals surface area contributed by atoms with E-state index in [4.69, 9.17) is 5.73 Å². The molecule has 0 saturated heterocycles. The van der Waals surface area contributed by atoms with Crippen molar-refractivity contribution in [3.63, 3.8) is 0 Å². The van der Waals surface area contributed by atoms with Crippen LogP contribution >= 0.6 is 0 Å². The van der Waals surface area contributed by atoms with Gasteiger partial charge in [-0.1, -0.05) is 31.1 Å². The average molecular weight is 329 g/mol. The number of rotatable bonds is 1. The van der Waals surface area contributed by atoms with Crippen LogP contribution in [0, 0.1) is 28.6 Å². The molecule has 24 heavy (non-hydrogen) atoms. The summed E-state index contributed by atoms with van der Waals surface area (Å²) in [5.74, 6) is 1.87. The van der Waals surface area contributed by atoms with Gasteiger partial charge < -0.3 is 10.8 Å². The Bertz CT molecular complexity index is 621. The van der Waals surface area contributed by atoms with Crippen LogP contribution < -0.4 is 5.73 Å². The van der Waals surface area contributed by atoms with Crippen LogP contribution in [0.5, 0.6) is 0 Å². The molecule has 3 heteroatoms. The lowest BCUT2D eigenvalue weighted by molar-refractivity contribution is -0.113. The zero-order valence-electron chi connectivity index (χ0n) is 15.1. The number of carbonyl (C=O) groups is 1. The molecule has 3 fully saturated rings. The summed E-state index contributed by atoms with van der Waals surface area (Å²) < 4.78 is 0. The fraction of sp³-hybridized carbons (Fsp3) is 0.762. The molecule has 0 unspecified atom stereocenters. The number of hydrogen-bond donors (Lipinski definition) is 2. The van der Waals surface area contributed by atoms with Crippen LogP contribution in [0.2, 0.25) is 0 Å². The van der Waals surface area contributed by atoms with Crippen LogP contribution in [-0.2, 0) is 4.79 Å². The van der Waals surface area contributed by atoms with Crippen molar-refractivity contribution < 1.29 is 9.90 Å². The molecule has 4 aliphatic carbocycles. The molecule has 0 radical (unpaired) electrons. The summed E-state index contributed by atoms with van der Waals surface area (Å²) in [6.07, 6.45) is 12.9. The van der Waals surface area contributed by atoms with Gasteiger partial charge in [0.2, 0.25) is 5.91 Å². The monoisotopic (exact) mass is 329 g/mol. The molecule has 3 nitrogen and oxygen atoms in total. The van der Waals surface area contributed by atoms with E-state index in [2.05, 4.69) is 19.9 Å².